The third kappa shape index (κ3) is 4.53. The summed E-state index contributed by atoms with van der Waals surface area (Å²) in [7, 11) is 0. The molecule has 2 aliphatic heterocycles. The van der Waals surface area contributed by atoms with Crippen molar-refractivity contribution in [3.05, 3.63) is 36.0 Å². The lowest BCUT2D eigenvalue weighted by molar-refractivity contribution is -0.274. The van der Waals surface area contributed by atoms with E-state index in [1.165, 1.54) is 23.5 Å². The third-order valence-corrected chi connectivity index (χ3v) is 6.50. The number of carboxylic acids is 1. The van der Waals surface area contributed by atoms with Crippen molar-refractivity contribution in [2.45, 2.75) is 31.3 Å². The van der Waals surface area contributed by atoms with Gasteiger partial charge in [0.2, 0.25) is 5.82 Å². The molecule has 2 aromatic heterocycles. The first-order chi connectivity index (χ1) is 16.2. The highest BCUT2D eigenvalue weighted by Crippen LogP contribution is 2.42. The Labute approximate surface area is 194 Å². The van der Waals surface area contributed by atoms with Crippen molar-refractivity contribution in [1.29, 1.82) is 0 Å². The molecule has 0 unspecified atom stereocenters. The van der Waals surface area contributed by atoms with Gasteiger partial charge < -0.3 is 19.5 Å². The maximum atomic E-state index is 12.7. The highest BCUT2D eigenvalue weighted by atomic mass is 32.1. The Morgan fingerprint density at radius 1 is 1.29 bits per heavy atom. The van der Waals surface area contributed by atoms with Gasteiger partial charge in [-0.1, -0.05) is 17.4 Å². The van der Waals surface area contributed by atoms with Crippen LogP contribution >= 0.6 is 11.3 Å². The minimum atomic E-state index is -4.78. The standard InChI is InChI=1S/C20H17F3N6O4S/c21-20(22,23)33-14-3-1-2-13-12(14)4-5-19(32-13)6-8-28(9-7-19)18-24-10-15(34-18)17-25-27-29(26-17)11-16(30)31/h1-5,10H,6-9,11H2,(H,30,31). The molecule has 3 aromatic rings. The predicted molar refractivity (Wildman–Crippen MR) is 114 cm³/mol. The summed E-state index contributed by atoms with van der Waals surface area (Å²) >= 11 is 1.36. The monoisotopic (exact) mass is 494 g/mol. The molecule has 0 radical (unpaired) electrons. The summed E-state index contributed by atoms with van der Waals surface area (Å²) in [5, 5.41) is 21.2. The number of tetrazole rings is 1. The number of aromatic nitrogens is 5. The molecule has 0 amide bonds. The number of piperidine rings is 1. The van der Waals surface area contributed by atoms with Crippen LogP contribution in [-0.2, 0) is 11.3 Å². The van der Waals surface area contributed by atoms with Crippen molar-refractivity contribution in [2.24, 2.45) is 0 Å². The van der Waals surface area contributed by atoms with Gasteiger partial charge >= 0.3 is 12.3 Å². The fourth-order valence-corrected chi connectivity index (χ4v) is 4.76. The molecule has 0 aliphatic carbocycles. The minimum Gasteiger partial charge on any atom is -0.482 e. The lowest BCUT2D eigenvalue weighted by Crippen LogP contribution is -2.47. The summed E-state index contributed by atoms with van der Waals surface area (Å²) in [5.74, 6) is -0.713. The van der Waals surface area contributed by atoms with Gasteiger partial charge in [-0.25, -0.2) is 4.98 Å². The van der Waals surface area contributed by atoms with E-state index in [1.807, 2.05) is 0 Å². The van der Waals surface area contributed by atoms with Crippen molar-refractivity contribution < 1.29 is 32.5 Å². The summed E-state index contributed by atoms with van der Waals surface area (Å²) in [5.41, 5.74) is -0.359. The first-order valence-corrected chi connectivity index (χ1v) is 11.0. The van der Waals surface area contributed by atoms with Gasteiger partial charge in [0, 0.05) is 25.9 Å². The van der Waals surface area contributed by atoms with Crippen LogP contribution in [0.1, 0.15) is 18.4 Å². The number of carboxylic acid groups (broad SMARTS) is 1. The number of aliphatic carboxylic acids is 1. The molecule has 0 atom stereocenters. The van der Waals surface area contributed by atoms with Crippen molar-refractivity contribution in [1.82, 2.24) is 25.2 Å². The molecular weight excluding hydrogens is 477 g/mol. The fourth-order valence-electron chi connectivity index (χ4n) is 3.87. The van der Waals surface area contributed by atoms with Gasteiger partial charge in [0.25, 0.3) is 0 Å². The topological polar surface area (TPSA) is 115 Å². The van der Waals surface area contributed by atoms with Gasteiger partial charge in [-0.05, 0) is 29.5 Å². The second kappa shape index (κ2) is 8.27. The number of rotatable bonds is 5. The highest BCUT2D eigenvalue weighted by Gasteiger charge is 2.39. The summed E-state index contributed by atoms with van der Waals surface area (Å²) < 4.78 is 48.3. The summed E-state index contributed by atoms with van der Waals surface area (Å²) in [6, 6.07) is 4.36. The maximum absolute atomic E-state index is 12.7. The molecular formula is C20H17F3N6O4S. The Morgan fingerprint density at radius 2 is 2.09 bits per heavy atom. The third-order valence-electron chi connectivity index (χ3n) is 5.44. The Kier molecular flexibility index (Phi) is 5.38. The van der Waals surface area contributed by atoms with Crippen LogP contribution in [0.4, 0.5) is 18.3 Å². The van der Waals surface area contributed by atoms with Crippen molar-refractivity contribution in [3.8, 4) is 22.2 Å². The lowest BCUT2D eigenvalue weighted by atomic mass is 9.88. The van der Waals surface area contributed by atoms with Crippen LogP contribution < -0.4 is 14.4 Å². The van der Waals surface area contributed by atoms with Gasteiger partial charge in [-0.15, -0.1) is 23.4 Å². The molecule has 1 saturated heterocycles. The molecule has 0 bridgehead atoms. The van der Waals surface area contributed by atoms with Crippen LogP contribution in [0.3, 0.4) is 0 Å². The van der Waals surface area contributed by atoms with Crippen LogP contribution in [-0.4, -0.2) is 61.3 Å². The number of hydrogen-bond acceptors (Lipinski definition) is 9. The summed E-state index contributed by atoms with van der Waals surface area (Å²) in [4.78, 5) is 18.9. The number of anilines is 1. The van der Waals surface area contributed by atoms with Crippen LogP contribution in [0.5, 0.6) is 11.5 Å². The molecule has 1 spiro atoms. The van der Waals surface area contributed by atoms with Crippen LogP contribution in [0, 0.1) is 0 Å². The zero-order valence-corrected chi connectivity index (χ0v) is 18.2. The molecule has 0 saturated carbocycles. The zero-order chi connectivity index (χ0) is 23.9. The molecule has 1 aromatic carbocycles. The molecule has 4 heterocycles. The van der Waals surface area contributed by atoms with Crippen LogP contribution in [0.2, 0.25) is 0 Å². The average molecular weight is 494 g/mol. The van der Waals surface area contributed by atoms with Gasteiger partial charge in [-0.3, -0.25) is 4.79 Å². The SMILES string of the molecule is O=C(O)Cn1nnc(-c2cnc(N3CCC4(C=Cc5c(OC(F)(F)F)cccc5O4)CC3)s2)n1. The Balaban J connectivity index is 1.26. The van der Waals surface area contributed by atoms with Crippen LogP contribution in [0.15, 0.2) is 30.5 Å². The highest BCUT2D eigenvalue weighted by molar-refractivity contribution is 7.18. The number of benzene rings is 1. The molecule has 178 valence electrons. The molecule has 10 nitrogen and oxygen atoms in total. The number of halogens is 3. The largest absolute Gasteiger partial charge is 0.573 e. The van der Waals surface area contributed by atoms with E-state index in [0.717, 1.165) is 9.93 Å². The minimum absolute atomic E-state index is 0.265. The van der Waals surface area contributed by atoms with Crippen molar-refractivity contribution in [2.75, 3.05) is 18.0 Å². The Hall–Kier alpha value is -3.68. The van der Waals surface area contributed by atoms with Gasteiger partial charge in [-0.2, -0.15) is 4.80 Å². The normalized spacial score (nSPS) is 16.9. The number of nitrogens with zero attached hydrogens (tertiary/aromatic N) is 6. The molecule has 14 heteroatoms. The summed E-state index contributed by atoms with van der Waals surface area (Å²) in [6.45, 7) is 0.850. The van der Waals surface area contributed by atoms with E-state index in [0.29, 0.717) is 42.4 Å². The summed E-state index contributed by atoms with van der Waals surface area (Å²) in [6.07, 6.45) is 1.47. The number of alkyl halides is 3. The van der Waals surface area contributed by atoms with Gasteiger partial charge in [0.15, 0.2) is 11.7 Å². The predicted octanol–water partition coefficient (Wildman–Crippen LogP) is 3.22. The van der Waals surface area contributed by atoms with E-state index >= 15 is 0 Å². The van der Waals surface area contributed by atoms with E-state index in [1.54, 1.807) is 24.4 Å². The van der Waals surface area contributed by atoms with Gasteiger partial charge in [0.1, 0.15) is 17.1 Å². The number of ether oxygens (including phenoxy) is 2. The smallest absolute Gasteiger partial charge is 0.482 e. The second-order valence-corrected chi connectivity index (χ2v) is 8.76. The maximum Gasteiger partial charge on any atom is 0.573 e. The quantitative estimate of drug-likeness (QED) is 0.571. The second-order valence-electron chi connectivity index (χ2n) is 7.75. The Bertz CT molecular complexity index is 1250. The van der Waals surface area contributed by atoms with E-state index in [4.69, 9.17) is 9.84 Å². The van der Waals surface area contributed by atoms with E-state index in [-0.39, 0.29) is 17.9 Å². The fraction of sp³-hybridized carbons (Fsp3) is 0.350. The zero-order valence-electron chi connectivity index (χ0n) is 17.4. The van der Waals surface area contributed by atoms with E-state index < -0.39 is 17.9 Å². The van der Waals surface area contributed by atoms with E-state index in [2.05, 4.69) is 30.0 Å². The number of thiazole rings is 1. The van der Waals surface area contributed by atoms with E-state index in [9.17, 15) is 18.0 Å². The first kappa shape index (κ1) is 22.1. The molecule has 5 rings (SSSR count). The first-order valence-electron chi connectivity index (χ1n) is 10.2. The molecule has 1 N–H and O–H groups in total. The Morgan fingerprint density at radius 3 is 2.82 bits per heavy atom. The lowest BCUT2D eigenvalue weighted by Gasteiger charge is -2.42. The number of carbonyl (C=O) groups is 1. The average Bonchev–Trinajstić information content (AvgIpc) is 3.43. The molecule has 34 heavy (non-hydrogen) atoms. The van der Waals surface area contributed by atoms with Gasteiger partial charge in [0.05, 0.1) is 16.6 Å². The molecule has 2 aliphatic rings. The van der Waals surface area contributed by atoms with Crippen LogP contribution in [0.25, 0.3) is 16.8 Å². The number of fused-ring (bicyclic) bond motifs is 1. The van der Waals surface area contributed by atoms with Crippen molar-refractivity contribution in [3.63, 3.8) is 0 Å². The van der Waals surface area contributed by atoms with Crippen molar-refractivity contribution >= 4 is 28.5 Å². The number of hydrogen-bond donors (Lipinski definition) is 1. The molecule has 1 fully saturated rings.